The van der Waals surface area contributed by atoms with Crippen LogP contribution in [0.15, 0.2) is 59.4 Å². The van der Waals surface area contributed by atoms with Crippen LogP contribution in [0.5, 0.6) is 0 Å². The van der Waals surface area contributed by atoms with Crippen LogP contribution < -0.4 is 16.4 Å². The Labute approximate surface area is 165 Å². The molecule has 0 bridgehead atoms. The van der Waals surface area contributed by atoms with Gasteiger partial charge in [-0.3, -0.25) is 30.2 Å². The molecule has 2 N–H and O–H groups in total. The van der Waals surface area contributed by atoms with Crippen LogP contribution in [0.2, 0.25) is 0 Å². The molecule has 0 unspecified atom stereocenters. The van der Waals surface area contributed by atoms with E-state index in [9.17, 15) is 14.4 Å². The number of aryl methyl sites for hydroxylation is 2. The Morgan fingerprint density at radius 2 is 1.52 bits per heavy atom. The van der Waals surface area contributed by atoms with Crippen molar-refractivity contribution in [3.05, 3.63) is 81.9 Å². The molecule has 0 spiro atoms. The van der Waals surface area contributed by atoms with Crippen LogP contribution in [-0.2, 0) is 7.05 Å². The van der Waals surface area contributed by atoms with Crippen molar-refractivity contribution in [2.75, 3.05) is 0 Å². The number of para-hydroxylation sites is 1. The van der Waals surface area contributed by atoms with Crippen molar-refractivity contribution >= 4 is 33.5 Å². The Morgan fingerprint density at radius 1 is 0.897 bits per heavy atom. The van der Waals surface area contributed by atoms with Gasteiger partial charge >= 0.3 is 0 Å². The molecule has 2 amide bonds. The third kappa shape index (κ3) is 3.31. The van der Waals surface area contributed by atoms with Crippen LogP contribution in [0.4, 0.5) is 0 Å². The zero-order valence-corrected chi connectivity index (χ0v) is 15.8. The van der Waals surface area contributed by atoms with Crippen LogP contribution in [-0.4, -0.2) is 26.6 Å². The highest BCUT2D eigenvalue weighted by molar-refractivity contribution is 6.09. The zero-order chi connectivity index (χ0) is 20.5. The van der Waals surface area contributed by atoms with Crippen molar-refractivity contribution in [3.63, 3.8) is 0 Å². The maximum absolute atomic E-state index is 12.7. The molecule has 0 radical (unpaired) electrons. The number of hydrogen-bond donors (Lipinski definition) is 2. The van der Waals surface area contributed by atoms with E-state index in [-0.39, 0.29) is 11.3 Å². The number of amides is 2. The third-order valence-electron chi connectivity index (χ3n) is 4.55. The quantitative estimate of drug-likeness (QED) is 0.511. The number of carbonyl (C=O) groups excluding carboxylic acids is 2. The molecule has 0 saturated heterocycles. The summed E-state index contributed by atoms with van der Waals surface area (Å²) in [6, 6.07) is 15.6. The van der Waals surface area contributed by atoms with Crippen molar-refractivity contribution in [3.8, 4) is 0 Å². The predicted molar refractivity (Wildman–Crippen MR) is 108 cm³/mol. The molecular formula is C21H17N5O3. The first-order valence-corrected chi connectivity index (χ1v) is 8.89. The van der Waals surface area contributed by atoms with Gasteiger partial charge in [0.15, 0.2) is 5.69 Å². The van der Waals surface area contributed by atoms with Gasteiger partial charge in [-0.1, -0.05) is 36.4 Å². The van der Waals surface area contributed by atoms with Gasteiger partial charge < -0.3 is 0 Å². The van der Waals surface area contributed by atoms with E-state index in [0.717, 1.165) is 4.68 Å². The lowest BCUT2D eigenvalue weighted by molar-refractivity contribution is 0.0844. The maximum atomic E-state index is 12.7. The molecular weight excluding hydrogens is 370 g/mol. The summed E-state index contributed by atoms with van der Waals surface area (Å²) < 4.78 is 1.10. The molecule has 4 aromatic rings. The fraction of sp³-hybridized carbons (Fsp3) is 0.0952. The van der Waals surface area contributed by atoms with Gasteiger partial charge in [0.05, 0.1) is 16.5 Å². The largest absolute Gasteiger partial charge is 0.290 e. The van der Waals surface area contributed by atoms with Crippen molar-refractivity contribution < 1.29 is 9.59 Å². The fourth-order valence-corrected chi connectivity index (χ4v) is 3.20. The molecule has 4 rings (SSSR count). The monoisotopic (exact) mass is 387 g/mol. The summed E-state index contributed by atoms with van der Waals surface area (Å²) in [4.78, 5) is 42.0. The minimum Gasteiger partial charge on any atom is -0.267 e. The first-order chi connectivity index (χ1) is 14.0. The first kappa shape index (κ1) is 18.3. The van der Waals surface area contributed by atoms with Crippen molar-refractivity contribution in [2.45, 2.75) is 6.92 Å². The molecule has 0 saturated carbocycles. The van der Waals surface area contributed by atoms with Crippen molar-refractivity contribution in [1.82, 2.24) is 25.6 Å². The molecule has 0 aliphatic rings. The third-order valence-corrected chi connectivity index (χ3v) is 4.55. The van der Waals surface area contributed by atoms with Crippen LogP contribution in [0.3, 0.4) is 0 Å². The summed E-state index contributed by atoms with van der Waals surface area (Å²) in [5, 5.41) is 5.50. The summed E-state index contributed by atoms with van der Waals surface area (Å²) in [6.07, 6.45) is 0. The second-order valence-corrected chi connectivity index (χ2v) is 6.56. The number of hydrazine groups is 1. The van der Waals surface area contributed by atoms with E-state index < -0.39 is 11.8 Å². The Bertz CT molecular complexity index is 1340. The van der Waals surface area contributed by atoms with Crippen LogP contribution >= 0.6 is 0 Å². The molecule has 2 aromatic heterocycles. The summed E-state index contributed by atoms with van der Waals surface area (Å²) in [6.45, 7) is 1.79. The van der Waals surface area contributed by atoms with E-state index in [2.05, 4.69) is 20.9 Å². The number of benzene rings is 2. The lowest BCUT2D eigenvalue weighted by Crippen LogP contribution is -2.42. The molecule has 0 aliphatic heterocycles. The molecule has 8 nitrogen and oxygen atoms in total. The van der Waals surface area contributed by atoms with Gasteiger partial charge in [-0.2, -0.15) is 5.10 Å². The number of nitrogens with zero attached hydrogens (tertiary/aromatic N) is 3. The molecule has 0 aliphatic carbocycles. The van der Waals surface area contributed by atoms with E-state index >= 15 is 0 Å². The summed E-state index contributed by atoms with van der Waals surface area (Å²) >= 11 is 0. The zero-order valence-electron chi connectivity index (χ0n) is 15.8. The number of carbonyl (C=O) groups is 2. The average molecular weight is 387 g/mol. The van der Waals surface area contributed by atoms with Crippen LogP contribution in [0, 0.1) is 6.92 Å². The molecule has 29 heavy (non-hydrogen) atoms. The molecule has 0 fully saturated rings. The number of pyridine rings is 1. The van der Waals surface area contributed by atoms with Crippen molar-refractivity contribution in [1.29, 1.82) is 0 Å². The molecule has 2 heterocycles. The van der Waals surface area contributed by atoms with Gasteiger partial charge in [-0.25, -0.2) is 4.68 Å². The highest BCUT2D eigenvalue weighted by Gasteiger charge is 2.17. The maximum Gasteiger partial charge on any atom is 0.290 e. The number of fused-ring (bicyclic) bond motifs is 2. The van der Waals surface area contributed by atoms with E-state index in [0.29, 0.717) is 32.9 Å². The van der Waals surface area contributed by atoms with E-state index in [4.69, 9.17) is 0 Å². The Kier molecular flexibility index (Phi) is 4.52. The van der Waals surface area contributed by atoms with Crippen LogP contribution in [0.25, 0.3) is 21.7 Å². The normalized spacial score (nSPS) is 10.8. The standard InChI is InChI=1S/C21H17N5O3/c1-12-11-16(13-7-5-6-10-17(13)22-12)19(27)23-24-20(28)18-14-8-3-4-9-15(14)21(29)26(2)25-18/h3-11H,1-2H3,(H,23,27)(H,24,28). The molecule has 0 atom stereocenters. The van der Waals surface area contributed by atoms with Crippen LogP contribution in [0.1, 0.15) is 26.5 Å². The second-order valence-electron chi connectivity index (χ2n) is 6.56. The second kappa shape index (κ2) is 7.16. The van der Waals surface area contributed by atoms with Gasteiger partial charge in [-0.15, -0.1) is 0 Å². The highest BCUT2D eigenvalue weighted by atomic mass is 16.2. The molecule has 2 aromatic carbocycles. The average Bonchev–Trinajstić information content (AvgIpc) is 2.73. The highest BCUT2D eigenvalue weighted by Crippen LogP contribution is 2.18. The topological polar surface area (TPSA) is 106 Å². The first-order valence-electron chi connectivity index (χ1n) is 8.89. The molecule has 144 valence electrons. The SMILES string of the molecule is Cc1cc(C(=O)NNC(=O)c2nn(C)c(=O)c3ccccc23)c2ccccc2n1. The van der Waals surface area contributed by atoms with E-state index in [1.165, 1.54) is 7.05 Å². The number of aromatic nitrogens is 3. The number of hydrogen-bond acceptors (Lipinski definition) is 5. The number of nitrogens with one attached hydrogen (secondary N) is 2. The summed E-state index contributed by atoms with van der Waals surface area (Å²) in [5.41, 5.74) is 6.31. The summed E-state index contributed by atoms with van der Waals surface area (Å²) in [5.74, 6) is -1.10. The van der Waals surface area contributed by atoms with E-state index in [1.807, 2.05) is 18.2 Å². The Hall–Kier alpha value is -4.07. The molecule has 8 heteroatoms. The van der Waals surface area contributed by atoms with Crippen molar-refractivity contribution in [2.24, 2.45) is 7.05 Å². The summed E-state index contributed by atoms with van der Waals surface area (Å²) in [7, 11) is 1.47. The minimum absolute atomic E-state index is 0.0405. The Balaban J connectivity index is 1.63. The minimum atomic E-state index is -0.625. The van der Waals surface area contributed by atoms with Gasteiger partial charge in [0.2, 0.25) is 0 Å². The van der Waals surface area contributed by atoms with Gasteiger partial charge in [0.25, 0.3) is 17.4 Å². The lowest BCUT2D eigenvalue weighted by Gasteiger charge is -2.11. The predicted octanol–water partition coefficient (Wildman–Crippen LogP) is 1.86. The van der Waals surface area contributed by atoms with E-state index in [1.54, 1.807) is 43.3 Å². The van der Waals surface area contributed by atoms with Gasteiger partial charge in [0, 0.05) is 23.5 Å². The fourth-order valence-electron chi connectivity index (χ4n) is 3.20. The van der Waals surface area contributed by atoms with Gasteiger partial charge in [-0.05, 0) is 25.1 Å². The van der Waals surface area contributed by atoms with Gasteiger partial charge in [0.1, 0.15) is 0 Å². The number of rotatable bonds is 2. The Morgan fingerprint density at radius 3 is 2.28 bits per heavy atom. The lowest BCUT2D eigenvalue weighted by atomic mass is 10.1. The smallest absolute Gasteiger partial charge is 0.267 e.